The molecule has 2 atom stereocenters. The van der Waals surface area contributed by atoms with Crippen LogP contribution < -0.4 is 10.5 Å². The third kappa shape index (κ3) is 3.41. The van der Waals surface area contributed by atoms with E-state index in [0.717, 1.165) is 37.0 Å². The number of para-hydroxylation sites is 1. The van der Waals surface area contributed by atoms with E-state index in [1.807, 2.05) is 18.2 Å². The van der Waals surface area contributed by atoms with Crippen molar-refractivity contribution in [3.63, 3.8) is 0 Å². The van der Waals surface area contributed by atoms with E-state index < -0.39 is 0 Å². The molecular formula is C21H30N2O2. The number of ether oxygens (including phenoxy) is 1. The minimum atomic E-state index is 0.172. The lowest BCUT2D eigenvalue weighted by molar-refractivity contribution is -0.140. The lowest BCUT2D eigenvalue weighted by atomic mass is 9.65. The Bertz CT molecular complexity index is 614. The fourth-order valence-electron chi connectivity index (χ4n) is 5.02. The van der Waals surface area contributed by atoms with Crippen LogP contribution >= 0.6 is 0 Å². The van der Waals surface area contributed by atoms with Crippen molar-refractivity contribution in [1.82, 2.24) is 4.90 Å². The van der Waals surface area contributed by atoms with Gasteiger partial charge in [-0.25, -0.2) is 0 Å². The molecule has 0 aliphatic heterocycles. The summed E-state index contributed by atoms with van der Waals surface area (Å²) in [6.45, 7) is 0.672. The van der Waals surface area contributed by atoms with Crippen molar-refractivity contribution < 1.29 is 9.53 Å². The van der Waals surface area contributed by atoms with Gasteiger partial charge in [-0.1, -0.05) is 24.6 Å². The molecule has 0 heterocycles. The van der Waals surface area contributed by atoms with Gasteiger partial charge in [-0.05, 0) is 56.4 Å². The molecule has 0 radical (unpaired) electrons. The molecule has 136 valence electrons. The van der Waals surface area contributed by atoms with Crippen molar-refractivity contribution in [3.8, 4) is 5.75 Å². The van der Waals surface area contributed by atoms with E-state index in [0.29, 0.717) is 36.4 Å². The smallest absolute Gasteiger partial charge is 0.226 e. The molecule has 2 unspecified atom stereocenters. The van der Waals surface area contributed by atoms with Crippen LogP contribution in [0.5, 0.6) is 5.75 Å². The number of hydrogen-bond donors (Lipinski definition) is 1. The number of methoxy groups -OCH3 is 1. The molecule has 3 fully saturated rings. The van der Waals surface area contributed by atoms with Crippen LogP contribution in [0.25, 0.3) is 0 Å². The first-order chi connectivity index (χ1) is 12.2. The summed E-state index contributed by atoms with van der Waals surface area (Å²) in [5.74, 6) is 2.51. The molecule has 2 bridgehead atoms. The number of nitrogens with zero attached hydrogens (tertiary/aromatic N) is 1. The lowest BCUT2D eigenvalue weighted by Gasteiger charge is -2.44. The number of carbonyl (C=O) groups is 1. The zero-order valence-corrected chi connectivity index (χ0v) is 15.2. The van der Waals surface area contributed by atoms with E-state index in [2.05, 4.69) is 11.0 Å². The molecule has 25 heavy (non-hydrogen) atoms. The predicted molar refractivity (Wildman–Crippen MR) is 98.1 cm³/mol. The summed E-state index contributed by atoms with van der Waals surface area (Å²) in [4.78, 5) is 15.5. The number of hydrogen-bond acceptors (Lipinski definition) is 3. The van der Waals surface area contributed by atoms with Crippen LogP contribution in [0.1, 0.15) is 50.5 Å². The van der Waals surface area contributed by atoms with Crippen molar-refractivity contribution in [2.75, 3.05) is 7.11 Å². The van der Waals surface area contributed by atoms with Crippen LogP contribution in [0.4, 0.5) is 0 Å². The lowest BCUT2D eigenvalue weighted by Crippen LogP contribution is -2.50. The Balaban J connectivity index is 1.50. The molecule has 0 spiro atoms. The van der Waals surface area contributed by atoms with Crippen LogP contribution in [0.15, 0.2) is 24.3 Å². The van der Waals surface area contributed by atoms with E-state index in [4.69, 9.17) is 10.5 Å². The van der Waals surface area contributed by atoms with Gasteiger partial charge in [0.15, 0.2) is 0 Å². The standard InChI is InChI=1S/C21H30N2O2/c1-25-19-8-3-2-5-16(19)13-23(18-9-10-18)21(24)17-11-14-6-4-7-15(12-17)20(14)22/h2-3,5,8,14-15,17-18,20H,4,6-7,9-13,22H2,1H3. The number of benzene rings is 1. The monoisotopic (exact) mass is 342 g/mol. The summed E-state index contributed by atoms with van der Waals surface area (Å²) in [7, 11) is 1.70. The normalized spacial score (nSPS) is 31.4. The van der Waals surface area contributed by atoms with Crippen molar-refractivity contribution >= 4 is 5.91 Å². The van der Waals surface area contributed by atoms with Crippen LogP contribution in [0.3, 0.4) is 0 Å². The molecule has 3 saturated carbocycles. The molecule has 1 aromatic carbocycles. The first kappa shape index (κ1) is 16.9. The van der Waals surface area contributed by atoms with Gasteiger partial charge in [-0.2, -0.15) is 0 Å². The van der Waals surface area contributed by atoms with Crippen LogP contribution in [0, 0.1) is 17.8 Å². The summed E-state index contributed by atoms with van der Waals surface area (Å²) >= 11 is 0. The van der Waals surface area contributed by atoms with Gasteiger partial charge in [0.1, 0.15) is 5.75 Å². The van der Waals surface area contributed by atoms with Gasteiger partial charge < -0.3 is 15.4 Å². The number of fused-ring (bicyclic) bond motifs is 2. The van der Waals surface area contributed by atoms with Gasteiger partial charge in [0, 0.05) is 30.1 Å². The number of carbonyl (C=O) groups excluding carboxylic acids is 1. The average molecular weight is 342 g/mol. The average Bonchev–Trinajstić information content (AvgIpc) is 3.44. The van der Waals surface area contributed by atoms with Crippen LogP contribution in [0.2, 0.25) is 0 Å². The molecule has 0 saturated heterocycles. The maximum absolute atomic E-state index is 13.4. The van der Waals surface area contributed by atoms with Gasteiger partial charge in [0.05, 0.1) is 7.11 Å². The second-order valence-corrected chi connectivity index (χ2v) is 8.21. The van der Waals surface area contributed by atoms with E-state index in [9.17, 15) is 4.79 Å². The Hall–Kier alpha value is -1.55. The molecule has 0 aromatic heterocycles. The summed E-state index contributed by atoms with van der Waals surface area (Å²) in [5.41, 5.74) is 7.52. The van der Waals surface area contributed by atoms with Crippen molar-refractivity contribution in [2.45, 2.75) is 63.6 Å². The molecule has 1 aromatic rings. The molecule has 2 N–H and O–H groups in total. The summed E-state index contributed by atoms with van der Waals surface area (Å²) in [6, 6.07) is 8.81. The number of rotatable bonds is 5. The maximum Gasteiger partial charge on any atom is 0.226 e. The van der Waals surface area contributed by atoms with E-state index in [-0.39, 0.29) is 5.92 Å². The molecule has 4 nitrogen and oxygen atoms in total. The zero-order chi connectivity index (χ0) is 17.4. The van der Waals surface area contributed by atoms with Crippen molar-refractivity contribution in [1.29, 1.82) is 0 Å². The molecule has 4 rings (SSSR count). The largest absolute Gasteiger partial charge is 0.496 e. The second kappa shape index (κ2) is 6.99. The summed E-state index contributed by atoms with van der Waals surface area (Å²) in [5, 5.41) is 0. The highest BCUT2D eigenvalue weighted by atomic mass is 16.5. The highest BCUT2D eigenvalue weighted by Gasteiger charge is 2.43. The number of amides is 1. The van der Waals surface area contributed by atoms with Crippen LogP contribution in [-0.2, 0) is 11.3 Å². The third-order valence-electron chi connectivity index (χ3n) is 6.57. The Labute approximate surface area is 150 Å². The Morgan fingerprint density at radius 2 is 1.84 bits per heavy atom. The van der Waals surface area contributed by atoms with Crippen molar-refractivity contribution in [2.24, 2.45) is 23.5 Å². The van der Waals surface area contributed by atoms with Gasteiger partial charge >= 0.3 is 0 Å². The SMILES string of the molecule is COc1ccccc1CN(C(=O)C1CC2CCCC(C1)C2N)C1CC1. The molecule has 4 heteroatoms. The van der Waals surface area contributed by atoms with Gasteiger partial charge in [-0.15, -0.1) is 0 Å². The van der Waals surface area contributed by atoms with Gasteiger partial charge in [-0.3, -0.25) is 4.79 Å². The van der Waals surface area contributed by atoms with Gasteiger partial charge in [0.25, 0.3) is 0 Å². The minimum absolute atomic E-state index is 0.172. The highest BCUT2D eigenvalue weighted by Crippen LogP contribution is 2.43. The molecule has 3 aliphatic rings. The molecule has 3 aliphatic carbocycles. The quantitative estimate of drug-likeness (QED) is 0.893. The summed E-state index contributed by atoms with van der Waals surface area (Å²) < 4.78 is 5.49. The topological polar surface area (TPSA) is 55.6 Å². The Morgan fingerprint density at radius 3 is 2.48 bits per heavy atom. The number of nitrogens with two attached hydrogens (primary N) is 1. The Kier molecular flexibility index (Phi) is 4.72. The summed E-state index contributed by atoms with van der Waals surface area (Å²) in [6.07, 6.45) is 7.96. The third-order valence-corrected chi connectivity index (χ3v) is 6.57. The fourth-order valence-corrected chi connectivity index (χ4v) is 5.02. The molecule has 1 amide bonds. The first-order valence-electron chi connectivity index (χ1n) is 9.85. The first-order valence-corrected chi connectivity index (χ1v) is 9.85. The van der Waals surface area contributed by atoms with E-state index >= 15 is 0 Å². The highest BCUT2D eigenvalue weighted by molar-refractivity contribution is 5.80. The molecular weight excluding hydrogens is 312 g/mol. The maximum atomic E-state index is 13.4. The van der Waals surface area contributed by atoms with E-state index in [1.54, 1.807) is 7.11 Å². The van der Waals surface area contributed by atoms with Crippen LogP contribution in [-0.4, -0.2) is 30.0 Å². The Morgan fingerprint density at radius 1 is 1.16 bits per heavy atom. The minimum Gasteiger partial charge on any atom is -0.496 e. The predicted octanol–water partition coefficient (Wildman–Crippen LogP) is 3.34. The second-order valence-electron chi connectivity index (χ2n) is 8.21. The van der Waals surface area contributed by atoms with Gasteiger partial charge in [0.2, 0.25) is 5.91 Å². The van der Waals surface area contributed by atoms with E-state index in [1.165, 1.54) is 19.3 Å². The zero-order valence-electron chi connectivity index (χ0n) is 15.2. The van der Waals surface area contributed by atoms with Crippen molar-refractivity contribution in [3.05, 3.63) is 29.8 Å². The fraction of sp³-hybridized carbons (Fsp3) is 0.667.